The minimum atomic E-state index is 0.0632. The van der Waals surface area contributed by atoms with Gasteiger partial charge in [0, 0.05) is 13.1 Å². The summed E-state index contributed by atoms with van der Waals surface area (Å²) in [6.45, 7) is 4.11. The molecule has 150 valence electrons. The summed E-state index contributed by atoms with van der Waals surface area (Å²) in [4.78, 5) is 2.25. The van der Waals surface area contributed by atoms with E-state index in [1.54, 1.807) is 0 Å². The standard InChI is InChI=1S/C21H29N5O2/c1-25(10-16-5-3-2-4-6-16)11-17-12-26(24-23-17)19-14-28-20-18(13-27-21(19)20)22-9-15-7-8-15/h2-6,12,15,18-22H,7-11,13-14H2,1H3. The number of rotatable bonds is 8. The van der Waals surface area contributed by atoms with E-state index >= 15 is 0 Å². The van der Waals surface area contributed by atoms with Crippen molar-refractivity contribution in [2.75, 3.05) is 26.8 Å². The smallest absolute Gasteiger partial charge is 0.110 e. The quantitative estimate of drug-likeness (QED) is 0.747. The van der Waals surface area contributed by atoms with Gasteiger partial charge in [-0.2, -0.15) is 0 Å². The molecule has 7 nitrogen and oxygen atoms in total. The van der Waals surface area contributed by atoms with E-state index in [1.807, 2.05) is 16.9 Å². The first kappa shape index (κ1) is 18.2. The Balaban J connectivity index is 1.17. The van der Waals surface area contributed by atoms with Crippen molar-refractivity contribution in [3.63, 3.8) is 0 Å². The summed E-state index contributed by atoms with van der Waals surface area (Å²) in [7, 11) is 2.11. The van der Waals surface area contributed by atoms with Gasteiger partial charge < -0.3 is 14.8 Å². The van der Waals surface area contributed by atoms with Crippen LogP contribution in [0.25, 0.3) is 0 Å². The Morgan fingerprint density at radius 3 is 2.75 bits per heavy atom. The Labute approximate surface area is 166 Å². The number of nitrogens with one attached hydrogen (secondary N) is 1. The molecule has 1 aromatic heterocycles. The molecule has 2 saturated heterocycles. The SMILES string of the molecule is CN(Cc1ccccc1)Cc1cn(C2COC3C(NCC4CC4)COC32)nn1. The lowest BCUT2D eigenvalue weighted by molar-refractivity contribution is 0.0620. The number of fused-ring (bicyclic) bond motifs is 1. The van der Waals surface area contributed by atoms with Crippen LogP contribution in [0.4, 0.5) is 0 Å². The lowest BCUT2D eigenvalue weighted by atomic mass is 10.1. The van der Waals surface area contributed by atoms with Gasteiger partial charge in [0.25, 0.3) is 0 Å². The Bertz CT molecular complexity index is 778. The zero-order chi connectivity index (χ0) is 18.9. The van der Waals surface area contributed by atoms with E-state index in [0.717, 1.165) is 37.9 Å². The fourth-order valence-corrected chi connectivity index (χ4v) is 4.30. The topological polar surface area (TPSA) is 64.4 Å². The number of hydrogen-bond acceptors (Lipinski definition) is 6. The van der Waals surface area contributed by atoms with Crippen LogP contribution in [-0.2, 0) is 22.6 Å². The lowest BCUT2D eigenvalue weighted by Gasteiger charge is -2.17. The van der Waals surface area contributed by atoms with Crippen molar-refractivity contribution in [1.29, 1.82) is 0 Å². The maximum Gasteiger partial charge on any atom is 0.110 e. The molecule has 1 aromatic carbocycles. The van der Waals surface area contributed by atoms with Crippen LogP contribution in [0.1, 0.15) is 30.1 Å². The molecule has 0 radical (unpaired) electrons. The minimum absolute atomic E-state index is 0.0632. The van der Waals surface area contributed by atoms with Crippen molar-refractivity contribution in [1.82, 2.24) is 25.2 Å². The van der Waals surface area contributed by atoms with Gasteiger partial charge in [-0.25, -0.2) is 4.68 Å². The van der Waals surface area contributed by atoms with E-state index in [-0.39, 0.29) is 18.2 Å². The zero-order valence-corrected chi connectivity index (χ0v) is 16.4. The first-order valence-electron chi connectivity index (χ1n) is 10.4. The first-order valence-corrected chi connectivity index (χ1v) is 10.4. The highest BCUT2D eigenvalue weighted by Gasteiger charge is 2.49. The van der Waals surface area contributed by atoms with Crippen LogP contribution in [0.3, 0.4) is 0 Å². The second kappa shape index (κ2) is 7.91. The molecule has 0 bridgehead atoms. The molecule has 3 heterocycles. The van der Waals surface area contributed by atoms with Crippen molar-refractivity contribution >= 4 is 0 Å². The van der Waals surface area contributed by atoms with Gasteiger partial charge in [0.1, 0.15) is 18.2 Å². The van der Waals surface area contributed by atoms with Crippen LogP contribution in [-0.4, -0.2) is 64.9 Å². The van der Waals surface area contributed by atoms with Crippen LogP contribution >= 0.6 is 0 Å². The molecule has 4 atom stereocenters. The van der Waals surface area contributed by atoms with Crippen LogP contribution in [0.5, 0.6) is 0 Å². The van der Waals surface area contributed by atoms with Crippen molar-refractivity contribution in [2.24, 2.45) is 5.92 Å². The number of aromatic nitrogens is 3. The molecular formula is C21H29N5O2. The summed E-state index contributed by atoms with van der Waals surface area (Å²) < 4.78 is 14.1. The molecule has 2 aromatic rings. The Hall–Kier alpha value is -1.80. The maximum absolute atomic E-state index is 6.09. The van der Waals surface area contributed by atoms with Crippen molar-refractivity contribution in [3.05, 3.63) is 47.8 Å². The molecular weight excluding hydrogens is 354 g/mol. The summed E-state index contributed by atoms with van der Waals surface area (Å²) in [5.74, 6) is 0.863. The summed E-state index contributed by atoms with van der Waals surface area (Å²) in [5.41, 5.74) is 2.27. The van der Waals surface area contributed by atoms with Crippen LogP contribution in [0.15, 0.2) is 36.5 Å². The summed E-state index contributed by atoms with van der Waals surface area (Å²) in [6, 6.07) is 10.9. The van der Waals surface area contributed by atoms with Gasteiger partial charge in [0.2, 0.25) is 0 Å². The zero-order valence-electron chi connectivity index (χ0n) is 16.4. The first-order chi connectivity index (χ1) is 13.8. The van der Waals surface area contributed by atoms with Gasteiger partial charge in [-0.1, -0.05) is 35.5 Å². The van der Waals surface area contributed by atoms with Crippen LogP contribution in [0.2, 0.25) is 0 Å². The van der Waals surface area contributed by atoms with Gasteiger partial charge in [-0.3, -0.25) is 4.90 Å². The molecule has 2 aliphatic heterocycles. The number of ether oxygens (including phenoxy) is 2. The highest BCUT2D eigenvalue weighted by atomic mass is 16.6. The lowest BCUT2D eigenvalue weighted by Crippen LogP contribution is -2.41. The van der Waals surface area contributed by atoms with Crippen LogP contribution in [0, 0.1) is 5.92 Å². The van der Waals surface area contributed by atoms with Gasteiger partial charge in [-0.15, -0.1) is 5.10 Å². The van der Waals surface area contributed by atoms with E-state index in [9.17, 15) is 0 Å². The van der Waals surface area contributed by atoms with Gasteiger partial charge in [0.05, 0.1) is 31.1 Å². The van der Waals surface area contributed by atoms with Crippen molar-refractivity contribution in [2.45, 2.75) is 50.2 Å². The molecule has 28 heavy (non-hydrogen) atoms. The summed E-state index contributed by atoms with van der Waals surface area (Å²) in [6.07, 6.45) is 4.95. The number of benzene rings is 1. The Kier molecular flexibility index (Phi) is 5.15. The molecule has 1 saturated carbocycles. The number of nitrogens with zero attached hydrogens (tertiary/aromatic N) is 4. The fraction of sp³-hybridized carbons (Fsp3) is 0.619. The molecule has 1 aliphatic carbocycles. The van der Waals surface area contributed by atoms with E-state index in [1.165, 1.54) is 18.4 Å². The predicted molar refractivity (Wildman–Crippen MR) is 105 cm³/mol. The average Bonchev–Trinajstić information content (AvgIpc) is 3.08. The molecule has 0 spiro atoms. The summed E-state index contributed by atoms with van der Waals surface area (Å²) >= 11 is 0. The number of hydrogen-bond donors (Lipinski definition) is 1. The highest BCUT2D eigenvalue weighted by Crippen LogP contribution is 2.35. The molecule has 7 heteroatoms. The van der Waals surface area contributed by atoms with Crippen LogP contribution < -0.4 is 5.32 Å². The Morgan fingerprint density at radius 1 is 1.11 bits per heavy atom. The van der Waals surface area contributed by atoms with E-state index in [0.29, 0.717) is 12.6 Å². The predicted octanol–water partition coefficient (Wildman–Crippen LogP) is 1.62. The normalized spacial score (nSPS) is 29.5. The fourth-order valence-electron chi connectivity index (χ4n) is 4.30. The van der Waals surface area contributed by atoms with Gasteiger partial charge in [-0.05, 0) is 37.9 Å². The molecule has 3 fully saturated rings. The third-order valence-electron chi connectivity index (χ3n) is 6.02. The van der Waals surface area contributed by atoms with E-state index in [2.05, 4.69) is 51.8 Å². The molecule has 0 amide bonds. The minimum Gasteiger partial charge on any atom is -0.371 e. The third-order valence-corrected chi connectivity index (χ3v) is 6.02. The maximum atomic E-state index is 6.09. The molecule has 5 rings (SSSR count). The van der Waals surface area contributed by atoms with E-state index in [4.69, 9.17) is 9.47 Å². The van der Waals surface area contributed by atoms with Crippen molar-refractivity contribution in [3.8, 4) is 0 Å². The van der Waals surface area contributed by atoms with Gasteiger partial charge in [0.15, 0.2) is 0 Å². The second-order valence-corrected chi connectivity index (χ2v) is 8.47. The van der Waals surface area contributed by atoms with Gasteiger partial charge >= 0.3 is 0 Å². The average molecular weight is 383 g/mol. The second-order valence-electron chi connectivity index (χ2n) is 8.47. The third kappa shape index (κ3) is 3.98. The summed E-state index contributed by atoms with van der Waals surface area (Å²) in [5, 5.41) is 12.4. The highest BCUT2D eigenvalue weighted by molar-refractivity contribution is 5.14. The Morgan fingerprint density at radius 2 is 1.93 bits per heavy atom. The monoisotopic (exact) mass is 383 g/mol. The largest absolute Gasteiger partial charge is 0.371 e. The molecule has 4 unspecified atom stereocenters. The molecule has 1 N–H and O–H groups in total. The van der Waals surface area contributed by atoms with E-state index < -0.39 is 0 Å². The molecule has 3 aliphatic rings. The van der Waals surface area contributed by atoms with Crippen molar-refractivity contribution < 1.29 is 9.47 Å².